The van der Waals surface area contributed by atoms with E-state index in [1.807, 2.05) is 30.3 Å². The molecule has 0 bridgehead atoms. The molecule has 0 saturated carbocycles. The van der Waals surface area contributed by atoms with Crippen LogP contribution in [0.4, 0.5) is 18.0 Å². The first-order valence-electron chi connectivity index (χ1n) is 11.4. The second-order valence-corrected chi connectivity index (χ2v) is 8.17. The summed E-state index contributed by atoms with van der Waals surface area (Å²) in [7, 11) is 1.42. The number of rotatable bonds is 9. The molecule has 188 valence electrons. The number of pyridine rings is 1. The molecule has 4 rings (SSSR count). The molecule has 2 amide bonds. The van der Waals surface area contributed by atoms with E-state index in [4.69, 9.17) is 4.74 Å². The Morgan fingerprint density at radius 3 is 2.61 bits per heavy atom. The zero-order valence-electron chi connectivity index (χ0n) is 19.7. The van der Waals surface area contributed by atoms with Gasteiger partial charge in [-0.05, 0) is 54.6 Å². The van der Waals surface area contributed by atoms with Gasteiger partial charge >= 0.3 is 12.2 Å². The van der Waals surface area contributed by atoms with Gasteiger partial charge in [0, 0.05) is 57.1 Å². The van der Waals surface area contributed by atoms with Crippen LogP contribution in [0.5, 0.6) is 11.5 Å². The highest BCUT2D eigenvalue weighted by molar-refractivity contribution is 5.82. The van der Waals surface area contributed by atoms with Crippen molar-refractivity contribution in [2.24, 2.45) is 4.99 Å². The third-order valence-corrected chi connectivity index (χ3v) is 5.60. The van der Waals surface area contributed by atoms with Crippen LogP contribution in [0.15, 0.2) is 65.7 Å². The van der Waals surface area contributed by atoms with Crippen LogP contribution in [0.25, 0.3) is 11.3 Å². The molecule has 2 aromatic carbocycles. The second-order valence-electron chi connectivity index (χ2n) is 8.17. The summed E-state index contributed by atoms with van der Waals surface area (Å²) in [5, 5.41) is 6.09. The molecule has 0 aliphatic carbocycles. The maximum atomic E-state index is 13.2. The molecule has 1 aliphatic rings. The van der Waals surface area contributed by atoms with Crippen molar-refractivity contribution in [1.29, 1.82) is 0 Å². The zero-order chi connectivity index (χ0) is 25.5. The molecule has 0 atom stereocenters. The number of halogens is 3. The van der Waals surface area contributed by atoms with Gasteiger partial charge in [-0.2, -0.15) is 13.2 Å². The first kappa shape index (κ1) is 25.2. The number of alkyl halides is 3. The van der Waals surface area contributed by atoms with Crippen molar-refractivity contribution in [2.75, 3.05) is 33.2 Å². The quantitative estimate of drug-likeness (QED) is 0.331. The van der Waals surface area contributed by atoms with Crippen molar-refractivity contribution in [3.8, 4) is 22.8 Å². The van der Waals surface area contributed by atoms with Gasteiger partial charge in [-0.15, -0.1) is 0 Å². The first-order chi connectivity index (χ1) is 17.3. The van der Waals surface area contributed by atoms with Crippen molar-refractivity contribution in [3.05, 3.63) is 77.5 Å². The Morgan fingerprint density at radius 2 is 1.92 bits per heavy atom. The topological polar surface area (TPSA) is 78.9 Å². The Kier molecular flexibility index (Phi) is 7.84. The van der Waals surface area contributed by atoms with Crippen LogP contribution in [0.2, 0.25) is 0 Å². The standard InChI is InChI=1S/C26H26F3N5O2/c1-30-16-19-15-22(9-10-23(19)26(27,28)29)36-21-7-5-18(6-8-21)24-4-2-3-20(33-24)17-31-11-13-34-14-12-32-25(34)35/h2-10,15-16,31H,11-14,17H2,1H3,(H,32,35). The van der Waals surface area contributed by atoms with Crippen molar-refractivity contribution >= 4 is 12.2 Å². The molecule has 1 aliphatic heterocycles. The fourth-order valence-corrected chi connectivity index (χ4v) is 3.83. The molecule has 2 heterocycles. The van der Waals surface area contributed by atoms with E-state index in [1.165, 1.54) is 19.2 Å². The van der Waals surface area contributed by atoms with E-state index in [-0.39, 0.29) is 17.3 Å². The number of carbonyl (C=O) groups excluding carboxylic acids is 1. The van der Waals surface area contributed by atoms with Gasteiger partial charge in [0.05, 0.1) is 17.0 Å². The van der Waals surface area contributed by atoms with Gasteiger partial charge in [-0.3, -0.25) is 9.98 Å². The van der Waals surface area contributed by atoms with Crippen molar-refractivity contribution in [1.82, 2.24) is 20.5 Å². The van der Waals surface area contributed by atoms with Crippen LogP contribution in [-0.4, -0.2) is 55.4 Å². The van der Waals surface area contributed by atoms with Gasteiger partial charge in [-0.1, -0.05) is 6.07 Å². The van der Waals surface area contributed by atoms with Gasteiger partial charge in [-0.25, -0.2) is 4.79 Å². The molecule has 2 N–H and O–H groups in total. The van der Waals surface area contributed by atoms with Gasteiger partial charge < -0.3 is 20.3 Å². The summed E-state index contributed by atoms with van der Waals surface area (Å²) < 4.78 is 45.4. The summed E-state index contributed by atoms with van der Waals surface area (Å²) in [4.78, 5) is 21.7. The maximum absolute atomic E-state index is 13.2. The number of aliphatic imine (C=N–C) groups is 1. The largest absolute Gasteiger partial charge is 0.457 e. The maximum Gasteiger partial charge on any atom is 0.417 e. The Bertz CT molecular complexity index is 1230. The highest BCUT2D eigenvalue weighted by Crippen LogP contribution is 2.34. The smallest absolute Gasteiger partial charge is 0.417 e. The lowest BCUT2D eigenvalue weighted by molar-refractivity contribution is -0.137. The summed E-state index contributed by atoms with van der Waals surface area (Å²) in [5.41, 5.74) is 1.71. The lowest BCUT2D eigenvalue weighted by atomic mass is 10.1. The number of hydrogen-bond acceptors (Lipinski definition) is 5. The molecule has 1 aromatic heterocycles. The molecule has 36 heavy (non-hydrogen) atoms. The monoisotopic (exact) mass is 497 g/mol. The number of aromatic nitrogens is 1. The minimum absolute atomic E-state index is 0.0297. The second kappa shape index (κ2) is 11.2. The third-order valence-electron chi connectivity index (χ3n) is 5.60. The summed E-state index contributed by atoms with van der Waals surface area (Å²) in [6, 6.07) is 16.5. The molecular weight excluding hydrogens is 471 g/mol. The fourth-order valence-electron chi connectivity index (χ4n) is 3.83. The van der Waals surface area contributed by atoms with E-state index in [9.17, 15) is 18.0 Å². The first-order valence-corrected chi connectivity index (χ1v) is 11.4. The molecule has 7 nitrogen and oxygen atoms in total. The summed E-state index contributed by atoms with van der Waals surface area (Å²) in [6.45, 7) is 3.29. The molecular formula is C26H26F3N5O2. The summed E-state index contributed by atoms with van der Waals surface area (Å²) in [5.74, 6) is 0.768. The normalized spacial score (nSPS) is 13.9. The molecule has 0 spiro atoms. The van der Waals surface area contributed by atoms with E-state index in [2.05, 4.69) is 20.6 Å². The van der Waals surface area contributed by atoms with Crippen LogP contribution in [-0.2, 0) is 12.7 Å². The van der Waals surface area contributed by atoms with E-state index < -0.39 is 11.7 Å². The lowest BCUT2D eigenvalue weighted by Crippen LogP contribution is -2.34. The van der Waals surface area contributed by atoms with Crippen LogP contribution >= 0.6 is 0 Å². The number of urea groups is 1. The van der Waals surface area contributed by atoms with E-state index in [0.29, 0.717) is 31.9 Å². The van der Waals surface area contributed by atoms with Crippen molar-refractivity contribution in [2.45, 2.75) is 12.7 Å². The predicted molar refractivity (Wildman–Crippen MR) is 131 cm³/mol. The van der Waals surface area contributed by atoms with Crippen LogP contribution in [0.3, 0.4) is 0 Å². The van der Waals surface area contributed by atoms with Crippen LogP contribution in [0.1, 0.15) is 16.8 Å². The molecule has 0 radical (unpaired) electrons. The Hall–Kier alpha value is -3.92. The number of ether oxygens (including phenoxy) is 1. The minimum atomic E-state index is -4.47. The number of carbonyl (C=O) groups is 1. The SMILES string of the molecule is CN=Cc1cc(Oc2ccc(-c3cccc(CNCCN4CCNC4=O)n3)cc2)ccc1C(F)(F)F. The molecule has 1 saturated heterocycles. The highest BCUT2D eigenvalue weighted by atomic mass is 19.4. The van der Waals surface area contributed by atoms with Gasteiger partial charge in [0.25, 0.3) is 0 Å². The van der Waals surface area contributed by atoms with Crippen LogP contribution < -0.4 is 15.4 Å². The van der Waals surface area contributed by atoms with Gasteiger partial charge in [0.15, 0.2) is 0 Å². The lowest BCUT2D eigenvalue weighted by Gasteiger charge is -2.14. The Labute approximate surface area is 207 Å². The van der Waals surface area contributed by atoms with Crippen LogP contribution in [0, 0.1) is 0 Å². The number of nitrogens with one attached hydrogen (secondary N) is 2. The van der Waals surface area contributed by atoms with E-state index in [0.717, 1.165) is 35.8 Å². The van der Waals surface area contributed by atoms with E-state index >= 15 is 0 Å². The fraction of sp³-hybridized carbons (Fsp3) is 0.269. The predicted octanol–water partition coefficient (Wildman–Crippen LogP) is 4.72. The number of amides is 2. The van der Waals surface area contributed by atoms with Gasteiger partial charge in [0.1, 0.15) is 11.5 Å². The average Bonchev–Trinajstić information content (AvgIpc) is 3.27. The zero-order valence-corrected chi connectivity index (χ0v) is 19.7. The van der Waals surface area contributed by atoms with Gasteiger partial charge in [0.2, 0.25) is 0 Å². The molecule has 10 heteroatoms. The van der Waals surface area contributed by atoms with E-state index in [1.54, 1.807) is 17.0 Å². The molecule has 1 fully saturated rings. The van der Waals surface area contributed by atoms with Crippen molar-refractivity contribution in [3.63, 3.8) is 0 Å². The number of nitrogens with zero attached hydrogens (tertiary/aromatic N) is 3. The summed E-state index contributed by atoms with van der Waals surface area (Å²) in [6.07, 6.45) is -3.31. The minimum Gasteiger partial charge on any atom is -0.457 e. The number of benzene rings is 2. The molecule has 3 aromatic rings. The third kappa shape index (κ3) is 6.39. The summed E-state index contributed by atoms with van der Waals surface area (Å²) >= 11 is 0. The number of hydrogen-bond donors (Lipinski definition) is 2. The highest BCUT2D eigenvalue weighted by Gasteiger charge is 2.33. The molecule has 0 unspecified atom stereocenters. The Balaban J connectivity index is 1.37. The Morgan fingerprint density at radius 1 is 1.14 bits per heavy atom. The van der Waals surface area contributed by atoms with Crippen molar-refractivity contribution < 1.29 is 22.7 Å². The average molecular weight is 498 g/mol.